The maximum absolute atomic E-state index is 11.9. The summed E-state index contributed by atoms with van der Waals surface area (Å²) in [4.78, 5) is 13.9. The zero-order valence-corrected chi connectivity index (χ0v) is 11.0. The van der Waals surface area contributed by atoms with Crippen LogP contribution < -0.4 is 10.5 Å². The Bertz CT molecular complexity index is 463. The Morgan fingerprint density at radius 3 is 2.58 bits per heavy atom. The summed E-state index contributed by atoms with van der Waals surface area (Å²) in [7, 11) is 0. The quantitative estimate of drug-likeness (QED) is 0.846. The van der Waals surface area contributed by atoms with Gasteiger partial charge in [-0.2, -0.15) is 0 Å². The third kappa shape index (κ3) is 3.00. The molecule has 102 valence electrons. The molecule has 2 N–H and O–H groups in total. The van der Waals surface area contributed by atoms with Gasteiger partial charge < -0.3 is 15.4 Å². The standard InChI is InChI=1S/C15H20N2O2/c16-12-2-1-3-14(10-12)19-13-6-8-17(9-7-13)15(18)11-4-5-11/h1-3,10-11,13H,4-9,16H2. The van der Waals surface area contributed by atoms with Crippen LogP contribution in [0.15, 0.2) is 24.3 Å². The van der Waals surface area contributed by atoms with Crippen LogP contribution in [0.1, 0.15) is 25.7 Å². The van der Waals surface area contributed by atoms with Gasteiger partial charge in [-0.05, 0) is 25.0 Å². The number of anilines is 1. The van der Waals surface area contributed by atoms with Gasteiger partial charge in [0, 0.05) is 43.6 Å². The number of nitrogens with two attached hydrogens (primary N) is 1. The highest BCUT2D eigenvalue weighted by Gasteiger charge is 2.35. The van der Waals surface area contributed by atoms with Crippen molar-refractivity contribution in [1.82, 2.24) is 4.90 Å². The monoisotopic (exact) mass is 260 g/mol. The van der Waals surface area contributed by atoms with Crippen LogP contribution in [0.25, 0.3) is 0 Å². The van der Waals surface area contributed by atoms with Crippen molar-refractivity contribution in [2.24, 2.45) is 5.92 Å². The summed E-state index contributed by atoms with van der Waals surface area (Å²) in [6, 6.07) is 7.53. The molecule has 0 unspecified atom stereocenters. The Hall–Kier alpha value is -1.71. The normalized spacial score (nSPS) is 20.3. The van der Waals surface area contributed by atoms with Crippen LogP contribution in [-0.4, -0.2) is 30.0 Å². The van der Waals surface area contributed by atoms with E-state index in [1.807, 2.05) is 29.2 Å². The van der Waals surface area contributed by atoms with Crippen LogP contribution in [-0.2, 0) is 4.79 Å². The van der Waals surface area contributed by atoms with Gasteiger partial charge >= 0.3 is 0 Å². The summed E-state index contributed by atoms with van der Waals surface area (Å²) in [6.45, 7) is 1.64. The Labute approximate surface area is 113 Å². The number of hydrogen-bond acceptors (Lipinski definition) is 3. The number of hydrogen-bond donors (Lipinski definition) is 1. The third-order valence-electron chi connectivity index (χ3n) is 3.84. The molecule has 4 nitrogen and oxygen atoms in total. The molecule has 1 aromatic carbocycles. The van der Waals surface area contributed by atoms with E-state index in [1.165, 1.54) is 0 Å². The molecule has 4 heteroatoms. The minimum absolute atomic E-state index is 0.199. The number of amides is 1. The average Bonchev–Trinajstić information content (AvgIpc) is 3.23. The van der Waals surface area contributed by atoms with E-state index < -0.39 is 0 Å². The van der Waals surface area contributed by atoms with E-state index in [0.717, 1.165) is 50.2 Å². The molecular weight excluding hydrogens is 240 g/mol. The molecule has 1 amide bonds. The number of likely N-dealkylation sites (tertiary alicyclic amines) is 1. The van der Waals surface area contributed by atoms with Crippen molar-refractivity contribution in [3.63, 3.8) is 0 Å². The lowest BCUT2D eigenvalue weighted by Crippen LogP contribution is -2.42. The van der Waals surface area contributed by atoms with Gasteiger partial charge in [0.05, 0.1) is 0 Å². The van der Waals surface area contributed by atoms with Crippen LogP contribution >= 0.6 is 0 Å². The Morgan fingerprint density at radius 1 is 1.21 bits per heavy atom. The number of ether oxygens (including phenoxy) is 1. The Kier molecular flexibility index (Phi) is 3.32. The van der Waals surface area contributed by atoms with Crippen molar-refractivity contribution < 1.29 is 9.53 Å². The van der Waals surface area contributed by atoms with Gasteiger partial charge in [-0.3, -0.25) is 4.79 Å². The summed E-state index contributed by atoms with van der Waals surface area (Å²) in [5.74, 6) is 1.50. The lowest BCUT2D eigenvalue weighted by Gasteiger charge is -2.32. The molecule has 0 atom stereocenters. The van der Waals surface area contributed by atoms with Gasteiger partial charge in [0.15, 0.2) is 0 Å². The van der Waals surface area contributed by atoms with Gasteiger partial charge in [-0.1, -0.05) is 6.07 Å². The predicted octanol–water partition coefficient (Wildman–Crippen LogP) is 2.05. The molecular formula is C15H20N2O2. The van der Waals surface area contributed by atoms with E-state index in [1.54, 1.807) is 0 Å². The topological polar surface area (TPSA) is 55.6 Å². The molecule has 1 aliphatic heterocycles. The number of benzene rings is 1. The second kappa shape index (κ2) is 5.11. The molecule has 0 aromatic heterocycles. The van der Waals surface area contributed by atoms with E-state index in [2.05, 4.69) is 0 Å². The highest BCUT2D eigenvalue weighted by molar-refractivity contribution is 5.81. The highest BCUT2D eigenvalue weighted by Crippen LogP contribution is 2.32. The van der Waals surface area contributed by atoms with Crippen molar-refractivity contribution in [2.45, 2.75) is 31.8 Å². The van der Waals surface area contributed by atoms with E-state index >= 15 is 0 Å². The van der Waals surface area contributed by atoms with Crippen LogP contribution in [0.4, 0.5) is 5.69 Å². The molecule has 1 aromatic rings. The molecule has 3 rings (SSSR count). The number of nitrogen functional groups attached to an aromatic ring is 1. The summed E-state index contributed by atoms with van der Waals surface area (Å²) < 4.78 is 5.92. The van der Waals surface area contributed by atoms with Crippen LogP contribution in [0.5, 0.6) is 5.75 Å². The number of carbonyl (C=O) groups excluding carboxylic acids is 1. The number of carbonyl (C=O) groups is 1. The minimum Gasteiger partial charge on any atom is -0.490 e. The molecule has 19 heavy (non-hydrogen) atoms. The first-order valence-electron chi connectivity index (χ1n) is 7.03. The first-order valence-corrected chi connectivity index (χ1v) is 7.03. The van der Waals surface area contributed by atoms with E-state index in [9.17, 15) is 4.79 Å². The molecule has 1 saturated carbocycles. The van der Waals surface area contributed by atoms with Crippen molar-refractivity contribution in [3.05, 3.63) is 24.3 Å². The van der Waals surface area contributed by atoms with Crippen LogP contribution in [0.2, 0.25) is 0 Å². The van der Waals surface area contributed by atoms with Crippen molar-refractivity contribution in [1.29, 1.82) is 0 Å². The second-order valence-corrected chi connectivity index (χ2v) is 5.49. The summed E-state index contributed by atoms with van der Waals surface area (Å²) in [5, 5.41) is 0. The van der Waals surface area contributed by atoms with Crippen molar-refractivity contribution in [3.8, 4) is 5.75 Å². The molecule has 0 bridgehead atoms. The average molecular weight is 260 g/mol. The first-order chi connectivity index (χ1) is 9.22. The molecule has 0 radical (unpaired) electrons. The van der Waals surface area contributed by atoms with Gasteiger partial charge in [0.1, 0.15) is 11.9 Å². The maximum atomic E-state index is 11.9. The fraction of sp³-hybridized carbons (Fsp3) is 0.533. The molecule has 2 aliphatic rings. The molecule has 1 heterocycles. The van der Waals surface area contributed by atoms with E-state index in [-0.39, 0.29) is 6.10 Å². The number of piperidine rings is 1. The SMILES string of the molecule is Nc1cccc(OC2CCN(C(=O)C3CC3)CC2)c1. The van der Waals surface area contributed by atoms with Crippen molar-refractivity contribution in [2.75, 3.05) is 18.8 Å². The number of nitrogens with zero attached hydrogens (tertiary/aromatic N) is 1. The van der Waals surface area contributed by atoms with E-state index in [4.69, 9.17) is 10.5 Å². The lowest BCUT2D eigenvalue weighted by atomic mass is 10.1. The Balaban J connectivity index is 1.51. The molecule has 1 aliphatic carbocycles. The summed E-state index contributed by atoms with van der Waals surface area (Å²) in [5.41, 5.74) is 6.45. The van der Waals surface area contributed by atoms with Crippen molar-refractivity contribution >= 4 is 11.6 Å². The minimum atomic E-state index is 0.199. The van der Waals surface area contributed by atoms with E-state index in [0.29, 0.717) is 11.8 Å². The predicted molar refractivity (Wildman–Crippen MR) is 73.8 cm³/mol. The van der Waals surface area contributed by atoms with Crippen LogP contribution in [0.3, 0.4) is 0 Å². The summed E-state index contributed by atoms with van der Waals surface area (Å²) >= 11 is 0. The van der Waals surface area contributed by atoms with Crippen LogP contribution in [0, 0.1) is 5.92 Å². The maximum Gasteiger partial charge on any atom is 0.225 e. The largest absolute Gasteiger partial charge is 0.490 e. The summed E-state index contributed by atoms with van der Waals surface area (Å²) in [6.07, 6.45) is 4.18. The number of rotatable bonds is 3. The molecule has 1 saturated heterocycles. The van der Waals surface area contributed by atoms with Gasteiger partial charge in [0.2, 0.25) is 5.91 Å². The smallest absolute Gasteiger partial charge is 0.225 e. The molecule has 2 fully saturated rings. The zero-order valence-electron chi connectivity index (χ0n) is 11.0. The van der Waals surface area contributed by atoms with Gasteiger partial charge in [-0.15, -0.1) is 0 Å². The Morgan fingerprint density at radius 2 is 1.95 bits per heavy atom. The molecule has 0 spiro atoms. The third-order valence-corrected chi connectivity index (χ3v) is 3.84. The van der Waals surface area contributed by atoms with Gasteiger partial charge in [-0.25, -0.2) is 0 Å². The second-order valence-electron chi connectivity index (χ2n) is 5.49. The van der Waals surface area contributed by atoms with Gasteiger partial charge in [0.25, 0.3) is 0 Å². The first kappa shape index (κ1) is 12.3. The fourth-order valence-corrected chi connectivity index (χ4v) is 2.56. The fourth-order valence-electron chi connectivity index (χ4n) is 2.56. The lowest BCUT2D eigenvalue weighted by molar-refractivity contribution is -0.134. The highest BCUT2D eigenvalue weighted by atomic mass is 16.5. The zero-order chi connectivity index (χ0) is 13.2.